The first-order chi connectivity index (χ1) is 8.55. The summed E-state index contributed by atoms with van der Waals surface area (Å²) < 4.78 is 30.1. The highest BCUT2D eigenvalue weighted by Gasteiger charge is 2.26. The molecule has 1 saturated heterocycles. The van der Waals surface area contributed by atoms with Crippen LogP contribution in [0.3, 0.4) is 0 Å². The second-order valence-electron chi connectivity index (χ2n) is 4.52. The van der Waals surface area contributed by atoms with Gasteiger partial charge in [-0.2, -0.15) is 4.31 Å². The van der Waals surface area contributed by atoms with Crippen molar-refractivity contribution in [1.82, 2.24) is 9.29 Å². The second-order valence-corrected chi connectivity index (χ2v) is 6.50. The average molecular weight is 270 g/mol. The highest BCUT2D eigenvalue weighted by molar-refractivity contribution is 7.88. The lowest BCUT2D eigenvalue weighted by molar-refractivity contribution is 0.00679. The van der Waals surface area contributed by atoms with E-state index in [2.05, 4.69) is 4.98 Å². The lowest BCUT2D eigenvalue weighted by atomic mass is 10.1. The molecule has 6 heteroatoms. The predicted octanol–water partition coefficient (Wildman–Crippen LogP) is 1.02. The third-order valence-corrected chi connectivity index (χ3v) is 4.27. The van der Waals surface area contributed by atoms with Crippen molar-refractivity contribution >= 4 is 10.0 Å². The van der Waals surface area contributed by atoms with Gasteiger partial charge in [-0.25, -0.2) is 8.42 Å². The van der Waals surface area contributed by atoms with Gasteiger partial charge < -0.3 is 4.74 Å². The summed E-state index contributed by atoms with van der Waals surface area (Å²) in [6, 6.07) is 5.67. The van der Waals surface area contributed by atoms with Crippen molar-refractivity contribution < 1.29 is 13.2 Å². The summed E-state index contributed by atoms with van der Waals surface area (Å²) in [6.07, 6.45) is 4.69. The van der Waals surface area contributed by atoms with Gasteiger partial charge in [-0.05, 0) is 25.0 Å². The molecule has 1 atom stereocenters. The van der Waals surface area contributed by atoms with Gasteiger partial charge in [0.15, 0.2) is 0 Å². The summed E-state index contributed by atoms with van der Waals surface area (Å²) in [7, 11) is -3.10. The fourth-order valence-corrected chi connectivity index (χ4v) is 2.93. The van der Waals surface area contributed by atoms with Crippen LogP contribution in [-0.2, 0) is 21.4 Å². The van der Waals surface area contributed by atoms with E-state index < -0.39 is 10.0 Å². The highest BCUT2D eigenvalue weighted by atomic mass is 32.2. The molecule has 1 aliphatic rings. The van der Waals surface area contributed by atoms with Crippen LogP contribution in [0.4, 0.5) is 0 Å². The van der Waals surface area contributed by atoms with Gasteiger partial charge in [-0.15, -0.1) is 0 Å². The summed E-state index contributed by atoms with van der Waals surface area (Å²) in [4.78, 5) is 4.17. The summed E-state index contributed by atoms with van der Waals surface area (Å²) in [5.74, 6) is 0. The molecule has 0 aromatic carbocycles. The van der Waals surface area contributed by atoms with E-state index in [-0.39, 0.29) is 6.10 Å². The minimum absolute atomic E-state index is 0.0320. The fraction of sp³-hybridized carbons (Fsp3) is 0.583. The van der Waals surface area contributed by atoms with Crippen LogP contribution >= 0.6 is 0 Å². The number of aromatic nitrogens is 1. The first kappa shape index (κ1) is 13.5. The van der Waals surface area contributed by atoms with Crippen LogP contribution in [0.15, 0.2) is 24.4 Å². The first-order valence-electron chi connectivity index (χ1n) is 6.02. The Morgan fingerprint density at radius 1 is 1.50 bits per heavy atom. The van der Waals surface area contributed by atoms with E-state index in [1.54, 1.807) is 6.20 Å². The average Bonchev–Trinajstić information content (AvgIpc) is 2.37. The van der Waals surface area contributed by atoms with E-state index in [0.717, 1.165) is 18.5 Å². The van der Waals surface area contributed by atoms with E-state index in [9.17, 15) is 8.42 Å². The van der Waals surface area contributed by atoms with Crippen molar-refractivity contribution in [2.24, 2.45) is 0 Å². The lowest BCUT2D eigenvalue weighted by Crippen LogP contribution is -2.42. The van der Waals surface area contributed by atoms with Crippen LogP contribution in [0.2, 0.25) is 0 Å². The molecule has 100 valence electrons. The number of nitrogens with zero attached hydrogens (tertiary/aromatic N) is 2. The van der Waals surface area contributed by atoms with Crippen molar-refractivity contribution in [3.63, 3.8) is 0 Å². The molecule has 0 amide bonds. The van der Waals surface area contributed by atoms with Gasteiger partial charge in [0, 0.05) is 19.3 Å². The molecule has 0 radical (unpaired) electrons. The standard InChI is InChI=1S/C12H18N2O3S/c1-18(15,16)14-8-4-6-12(9-14)17-10-11-5-2-3-7-13-11/h2-3,5,7,12H,4,6,8-10H2,1H3. The number of hydrogen-bond donors (Lipinski definition) is 0. The van der Waals surface area contributed by atoms with Crippen LogP contribution in [0, 0.1) is 0 Å². The zero-order valence-electron chi connectivity index (χ0n) is 10.4. The number of sulfonamides is 1. The molecular weight excluding hydrogens is 252 g/mol. The maximum Gasteiger partial charge on any atom is 0.211 e. The van der Waals surface area contributed by atoms with Crippen LogP contribution in [-0.4, -0.2) is 43.2 Å². The monoisotopic (exact) mass is 270 g/mol. The Hall–Kier alpha value is -0.980. The van der Waals surface area contributed by atoms with E-state index in [1.807, 2.05) is 18.2 Å². The van der Waals surface area contributed by atoms with Gasteiger partial charge in [0.2, 0.25) is 10.0 Å². The van der Waals surface area contributed by atoms with E-state index in [4.69, 9.17) is 4.74 Å². The molecule has 1 aromatic heterocycles. The van der Waals surface area contributed by atoms with Crippen LogP contribution in [0.25, 0.3) is 0 Å². The lowest BCUT2D eigenvalue weighted by Gasteiger charge is -2.30. The normalized spacial score (nSPS) is 21.9. The molecule has 0 N–H and O–H groups in total. The molecule has 1 aliphatic heterocycles. The number of rotatable bonds is 4. The predicted molar refractivity (Wildman–Crippen MR) is 68.5 cm³/mol. The van der Waals surface area contributed by atoms with Gasteiger partial charge in [0.1, 0.15) is 0 Å². The minimum Gasteiger partial charge on any atom is -0.371 e. The Labute approximate surface area is 108 Å². The summed E-state index contributed by atoms with van der Waals surface area (Å²) in [5.41, 5.74) is 0.869. The fourth-order valence-electron chi connectivity index (χ4n) is 2.03. The summed E-state index contributed by atoms with van der Waals surface area (Å²) in [5, 5.41) is 0. The Morgan fingerprint density at radius 2 is 2.33 bits per heavy atom. The largest absolute Gasteiger partial charge is 0.371 e. The quantitative estimate of drug-likeness (QED) is 0.819. The topological polar surface area (TPSA) is 59.5 Å². The number of piperidine rings is 1. The zero-order valence-corrected chi connectivity index (χ0v) is 11.3. The van der Waals surface area contributed by atoms with Crippen LogP contribution in [0.5, 0.6) is 0 Å². The molecule has 1 fully saturated rings. The molecule has 0 bridgehead atoms. The minimum atomic E-state index is -3.10. The van der Waals surface area contributed by atoms with Crippen molar-refractivity contribution in [2.45, 2.75) is 25.6 Å². The molecule has 2 rings (SSSR count). The Morgan fingerprint density at radius 3 is 3.00 bits per heavy atom. The molecule has 2 heterocycles. The van der Waals surface area contributed by atoms with E-state index >= 15 is 0 Å². The molecule has 0 saturated carbocycles. The number of pyridine rings is 1. The van der Waals surface area contributed by atoms with Crippen molar-refractivity contribution in [3.8, 4) is 0 Å². The Bertz CT molecular complexity index is 475. The SMILES string of the molecule is CS(=O)(=O)N1CCCC(OCc2ccccn2)C1. The maximum absolute atomic E-state index is 11.5. The Kier molecular flexibility index (Phi) is 4.31. The number of hydrogen-bond acceptors (Lipinski definition) is 4. The third kappa shape index (κ3) is 3.76. The summed E-state index contributed by atoms with van der Waals surface area (Å²) in [6.45, 7) is 1.48. The van der Waals surface area contributed by atoms with Crippen LogP contribution in [0.1, 0.15) is 18.5 Å². The molecule has 18 heavy (non-hydrogen) atoms. The maximum atomic E-state index is 11.5. The smallest absolute Gasteiger partial charge is 0.211 e. The van der Waals surface area contributed by atoms with Crippen molar-refractivity contribution in [1.29, 1.82) is 0 Å². The van der Waals surface area contributed by atoms with E-state index in [1.165, 1.54) is 10.6 Å². The Balaban J connectivity index is 1.87. The van der Waals surface area contributed by atoms with Crippen molar-refractivity contribution in [3.05, 3.63) is 30.1 Å². The van der Waals surface area contributed by atoms with Gasteiger partial charge in [-0.3, -0.25) is 4.98 Å². The third-order valence-electron chi connectivity index (χ3n) is 3.00. The first-order valence-corrected chi connectivity index (χ1v) is 7.87. The van der Waals surface area contributed by atoms with Gasteiger partial charge in [0.25, 0.3) is 0 Å². The van der Waals surface area contributed by atoms with Gasteiger partial charge >= 0.3 is 0 Å². The second kappa shape index (κ2) is 5.77. The molecule has 0 aliphatic carbocycles. The van der Waals surface area contributed by atoms with Crippen LogP contribution < -0.4 is 0 Å². The molecular formula is C12H18N2O3S. The molecule has 0 spiro atoms. The molecule has 5 nitrogen and oxygen atoms in total. The number of ether oxygens (including phenoxy) is 1. The van der Waals surface area contributed by atoms with E-state index in [0.29, 0.717) is 19.7 Å². The molecule has 1 unspecified atom stereocenters. The van der Waals surface area contributed by atoms with Gasteiger partial charge in [-0.1, -0.05) is 6.07 Å². The van der Waals surface area contributed by atoms with Crippen molar-refractivity contribution in [2.75, 3.05) is 19.3 Å². The molecule has 1 aromatic rings. The zero-order chi connectivity index (χ0) is 13.0. The van der Waals surface area contributed by atoms with Gasteiger partial charge in [0.05, 0.1) is 24.7 Å². The summed E-state index contributed by atoms with van der Waals surface area (Å²) >= 11 is 0. The highest BCUT2D eigenvalue weighted by Crippen LogP contribution is 2.16.